The summed E-state index contributed by atoms with van der Waals surface area (Å²) in [7, 11) is 0. The average Bonchev–Trinajstić information content (AvgIpc) is 2.45. The molecule has 0 aliphatic carbocycles. The summed E-state index contributed by atoms with van der Waals surface area (Å²) < 4.78 is 13.0. The number of nitrogens with zero attached hydrogens (tertiary/aromatic N) is 2. The normalized spacial score (nSPS) is 15.4. The Balaban J connectivity index is 0.00000220. The van der Waals surface area contributed by atoms with Crippen LogP contribution in [0.5, 0.6) is 0 Å². The molecule has 0 aromatic heterocycles. The van der Waals surface area contributed by atoms with E-state index in [1.807, 2.05) is 0 Å². The van der Waals surface area contributed by atoms with Gasteiger partial charge in [-0.05, 0) is 24.6 Å². The monoisotopic (exact) mass is 409 g/mol. The Morgan fingerprint density at radius 2 is 2.00 bits per heavy atom. The van der Waals surface area contributed by atoms with Crippen molar-refractivity contribution in [2.45, 2.75) is 6.42 Å². The molecule has 0 unspecified atom stereocenters. The predicted octanol–water partition coefficient (Wildman–Crippen LogP) is 1.98. The largest absolute Gasteiger partial charge is 0.396 e. The summed E-state index contributed by atoms with van der Waals surface area (Å²) in [5.41, 5.74) is 0.470. The number of halogens is 2. The van der Waals surface area contributed by atoms with E-state index in [0.29, 0.717) is 18.8 Å². The molecule has 0 bridgehead atoms. The van der Waals surface area contributed by atoms with Crippen molar-refractivity contribution in [2.75, 3.05) is 44.6 Å². The number of aliphatic hydroxyl groups is 1. The van der Waals surface area contributed by atoms with Crippen LogP contribution in [0.2, 0.25) is 0 Å². The van der Waals surface area contributed by atoms with Crippen LogP contribution < -0.4 is 5.32 Å². The second-order valence-corrected chi connectivity index (χ2v) is 4.85. The van der Waals surface area contributed by atoms with Crippen LogP contribution in [0.25, 0.3) is 0 Å². The lowest BCUT2D eigenvalue weighted by molar-refractivity contribution is 0.139. The average molecular weight is 409 g/mol. The molecule has 118 valence electrons. The maximum absolute atomic E-state index is 13.0. The quantitative estimate of drug-likeness (QED) is 0.748. The fraction of sp³-hybridized carbons (Fsp3) is 0.500. The van der Waals surface area contributed by atoms with E-state index in [-0.39, 0.29) is 42.4 Å². The molecule has 7 heteroatoms. The van der Waals surface area contributed by atoms with Crippen LogP contribution in [0.15, 0.2) is 24.3 Å². The van der Waals surface area contributed by atoms with Crippen LogP contribution in [0.3, 0.4) is 0 Å². The van der Waals surface area contributed by atoms with E-state index in [0.717, 1.165) is 26.1 Å². The molecule has 2 amide bonds. The fourth-order valence-electron chi connectivity index (χ4n) is 2.24. The van der Waals surface area contributed by atoms with Crippen molar-refractivity contribution in [3.63, 3.8) is 0 Å². The van der Waals surface area contributed by atoms with Crippen LogP contribution in [-0.4, -0.2) is 60.3 Å². The summed E-state index contributed by atoms with van der Waals surface area (Å²) in [6.07, 6.45) is 0.759. The van der Waals surface area contributed by atoms with Crippen LogP contribution >= 0.6 is 24.0 Å². The highest BCUT2D eigenvalue weighted by atomic mass is 127. The number of anilines is 1. The number of urea groups is 1. The van der Waals surface area contributed by atoms with E-state index in [2.05, 4.69) is 10.2 Å². The van der Waals surface area contributed by atoms with E-state index < -0.39 is 0 Å². The number of aliphatic hydroxyl groups excluding tert-OH is 1. The molecule has 1 fully saturated rings. The van der Waals surface area contributed by atoms with Gasteiger partial charge in [0.2, 0.25) is 0 Å². The van der Waals surface area contributed by atoms with E-state index in [1.165, 1.54) is 12.1 Å². The zero-order chi connectivity index (χ0) is 14.4. The van der Waals surface area contributed by atoms with Gasteiger partial charge in [-0.15, -0.1) is 24.0 Å². The number of hydrogen-bond donors (Lipinski definition) is 2. The summed E-state index contributed by atoms with van der Waals surface area (Å²) in [6.45, 7) is 3.95. The second-order valence-electron chi connectivity index (χ2n) is 4.85. The first-order valence-electron chi connectivity index (χ1n) is 6.84. The van der Waals surface area contributed by atoms with Crippen molar-refractivity contribution in [3.05, 3.63) is 30.1 Å². The molecule has 1 aromatic rings. The van der Waals surface area contributed by atoms with Gasteiger partial charge in [-0.2, -0.15) is 0 Å². The molecule has 2 rings (SSSR count). The molecular weight excluding hydrogens is 388 g/mol. The summed E-state index contributed by atoms with van der Waals surface area (Å²) in [5, 5.41) is 11.5. The zero-order valence-electron chi connectivity index (χ0n) is 11.8. The highest BCUT2D eigenvalue weighted by Gasteiger charge is 2.20. The third kappa shape index (κ3) is 5.76. The number of carbonyl (C=O) groups excluding carboxylic acids is 1. The number of nitrogens with one attached hydrogen (secondary N) is 1. The molecule has 1 aliphatic heterocycles. The smallest absolute Gasteiger partial charge is 0.321 e. The number of rotatable bonds is 4. The molecule has 0 radical (unpaired) electrons. The van der Waals surface area contributed by atoms with Crippen LogP contribution in [0.4, 0.5) is 14.9 Å². The molecule has 1 aromatic carbocycles. The van der Waals surface area contributed by atoms with Crippen molar-refractivity contribution in [1.82, 2.24) is 9.80 Å². The Morgan fingerprint density at radius 3 is 2.62 bits per heavy atom. The molecule has 1 saturated heterocycles. The van der Waals surface area contributed by atoms with Gasteiger partial charge in [-0.1, -0.05) is 6.07 Å². The first-order chi connectivity index (χ1) is 9.69. The van der Waals surface area contributed by atoms with Gasteiger partial charge in [-0.25, -0.2) is 9.18 Å². The minimum atomic E-state index is -0.364. The maximum Gasteiger partial charge on any atom is 0.321 e. The van der Waals surface area contributed by atoms with Gasteiger partial charge >= 0.3 is 6.03 Å². The predicted molar refractivity (Wildman–Crippen MR) is 90.5 cm³/mol. The molecule has 1 heterocycles. The minimum Gasteiger partial charge on any atom is -0.396 e. The van der Waals surface area contributed by atoms with Gasteiger partial charge in [-0.3, -0.25) is 4.90 Å². The summed E-state index contributed by atoms with van der Waals surface area (Å²) in [4.78, 5) is 16.0. The lowest BCUT2D eigenvalue weighted by Crippen LogP contribution is -2.50. The van der Waals surface area contributed by atoms with Crippen LogP contribution in [-0.2, 0) is 0 Å². The Morgan fingerprint density at radius 1 is 1.29 bits per heavy atom. The van der Waals surface area contributed by atoms with Gasteiger partial charge in [0.1, 0.15) is 5.82 Å². The van der Waals surface area contributed by atoms with E-state index in [4.69, 9.17) is 5.11 Å². The lowest BCUT2D eigenvalue weighted by atomic mass is 10.3. The Labute approximate surface area is 141 Å². The standard InChI is InChI=1S/C14H20FN3O2.HI/c15-12-3-1-4-13(11-12)16-14(20)18-8-6-17(7-9-18)5-2-10-19;/h1,3-4,11,19H,2,5-10H2,(H,16,20);1H. The van der Waals surface area contributed by atoms with E-state index in [1.54, 1.807) is 17.0 Å². The summed E-state index contributed by atoms with van der Waals surface area (Å²) in [5.74, 6) is -0.364. The fourth-order valence-corrected chi connectivity index (χ4v) is 2.24. The van der Waals surface area contributed by atoms with Gasteiger partial charge in [0.05, 0.1) is 0 Å². The number of benzene rings is 1. The lowest BCUT2D eigenvalue weighted by Gasteiger charge is -2.34. The van der Waals surface area contributed by atoms with E-state index in [9.17, 15) is 9.18 Å². The number of carbonyl (C=O) groups is 1. The number of amides is 2. The van der Waals surface area contributed by atoms with Gasteiger partial charge < -0.3 is 15.3 Å². The van der Waals surface area contributed by atoms with Gasteiger partial charge in [0.15, 0.2) is 0 Å². The summed E-state index contributed by atoms with van der Waals surface area (Å²) >= 11 is 0. The first kappa shape index (κ1) is 18.1. The minimum absolute atomic E-state index is 0. The Bertz CT molecular complexity index is 454. The van der Waals surface area contributed by atoms with Crippen molar-refractivity contribution < 1.29 is 14.3 Å². The van der Waals surface area contributed by atoms with Crippen molar-refractivity contribution >= 4 is 35.7 Å². The SMILES string of the molecule is I.O=C(Nc1cccc(F)c1)N1CCN(CCCO)CC1. The van der Waals surface area contributed by atoms with Crippen LogP contribution in [0, 0.1) is 5.82 Å². The first-order valence-corrected chi connectivity index (χ1v) is 6.84. The highest BCUT2D eigenvalue weighted by Crippen LogP contribution is 2.11. The Hall–Kier alpha value is -0.930. The molecule has 21 heavy (non-hydrogen) atoms. The van der Waals surface area contributed by atoms with E-state index >= 15 is 0 Å². The molecule has 1 aliphatic rings. The molecule has 0 atom stereocenters. The topological polar surface area (TPSA) is 55.8 Å². The number of hydrogen-bond acceptors (Lipinski definition) is 3. The molecule has 0 saturated carbocycles. The van der Waals surface area contributed by atoms with Crippen molar-refractivity contribution in [3.8, 4) is 0 Å². The van der Waals surface area contributed by atoms with Crippen LogP contribution in [0.1, 0.15) is 6.42 Å². The van der Waals surface area contributed by atoms with Crippen molar-refractivity contribution in [2.24, 2.45) is 0 Å². The highest BCUT2D eigenvalue weighted by molar-refractivity contribution is 14.0. The molecule has 5 nitrogen and oxygen atoms in total. The zero-order valence-corrected chi connectivity index (χ0v) is 14.1. The van der Waals surface area contributed by atoms with Gasteiger partial charge in [0, 0.05) is 45.0 Å². The molecule has 0 spiro atoms. The Kier molecular flexibility index (Phi) is 7.91. The third-order valence-corrected chi connectivity index (χ3v) is 3.37. The maximum atomic E-state index is 13.0. The third-order valence-electron chi connectivity index (χ3n) is 3.37. The number of piperazine rings is 1. The molecular formula is C14H21FIN3O2. The van der Waals surface area contributed by atoms with Crippen molar-refractivity contribution in [1.29, 1.82) is 0 Å². The molecule has 2 N–H and O–H groups in total. The second kappa shape index (κ2) is 9.16. The summed E-state index contributed by atoms with van der Waals surface area (Å²) in [6, 6.07) is 5.68. The van der Waals surface area contributed by atoms with Gasteiger partial charge in [0.25, 0.3) is 0 Å².